The molecular formula is C31H36O20. The molecule has 12 N–H and O–H groups in total. The summed E-state index contributed by atoms with van der Waals surface area (Å²) in [6.45, 7) is -1.67. The molecule has 3 saturated heterocycles. The molecule has 0 spiro atoms. The number of ether oxygens (including phenoxy) is 6. The predicted molar refractivity (Wildman–Crippen MR) is 162 cm³/mol. The normalized spacial score (nSPS) is 35.8. The summed E-state index contributed by atoms with van der Waals surface area (Å²) < 4.78 is 38.7. The molecule has 3 aliphatic rings. The van der Waals surface area contributed by atoms with Crippen molar-refractivity contribution in [2.24, 2.45) is 0 Å². The van der Waals surface area contributed by atoms with Crippen molar-refractivity contribution in [3.63, 3.8) is 0 Å². The first kappa shape index (κ1) is 36.9. The fourth-order valence-electron chi connectivity index (χ4n) is 5.77. The Bertz CT molecular complexity index is 1760. The zero-order valence-corrected chi connectivity index (χ0v) is 26.1. The predicted octanol–water partition coefficient (Wildman–Crippen LogP) is -3.96. The highest BCUT2D eigenvalue weighted by Gasteiger charge is 2.47. The SMILES string of the molecule is O=c1c(O[C@H]2OC[C@@H](O[C@H]3OC[C@H](O)[C@H](O)[C@@H]3O)[C@H](O)[C@@H]2O)c(-c2ccc(O)c(O)c2)oc2cc(O[C@H]3O[C@@H](CO)[C@H](O)[C@H](O)[C@@H]3O)cc(O)c12. The van der Waals surface area contributed by atoms with E-state index in [1.165, 1.54) is 6.07 Å². The van der Waals surface area contributed by atoms with E-state index in [0.29, 0.717) is 0 Å². The van der Waals surface area contributed by atoms with Gasteiger partial charge in [0.2, 0.25) is 23.8 Å². The van der Waals surface area contributed by atoms with Gasteiger partial charge in [-0.05, 0) is 18.2 Å². The van der Waals surface area contributed by atoms with Gasteiger partial charge in [0, 0.05) is 17.7 Å². The van der Waals surface area contributed by atoms with Gasteiger partial charge in [-0.15, -0.1) is 0 Å². The Morgan fingerprint density at radius 3 is 2.08 bits per heavy atom. The summed E-state index contributed by atoms with van der Waals surface area (Å²) in [5.74, 6) is -3.37. The fourth-order valence-corrected chi connectivity index (χ4v) is 5.77. The van der Waals surface area contributed by atoms with E-state index < -0.39 is 139 Å². The molecule has 3 aliphatic heterocycles. The van der Waals surface area contributed by atoms with Crippen LogP contribution in [0.5, 0.6) is 28.7 Å². The average molecular weight is 729 g/mol. The third-order valence-electron chi connectivity index (χ3n) is 8.68. The Morgan fingerprint density at radius 1 is 0.686 bits per heavy atom. The summed E-state index contributed by atoms with van der Waals surface area (Å²) in [4.78, 5) is 13.9. The molecule has 3 fully saturated rings. The number of aliphatic hydroxyl groups excluding tert-OH is 9. The standard InChI is InChI=1S/C31H36O20/c32-6-16-20(38)23(41)26(44)31(49-16)47-10-4-13(35)18-15(5-10)48-27(9-1-2-11(33)12(34)3-9)28(22(18)40)51-30-25(43)21(39)17(8-46-30)50-29-24(42)19(37)14(36)7-45-29/h1-5,14,16-17,19-21,23-26,29-39,41-44H,6-8H2/t14-,16-,17+,19-,20-,21-,23-,24-,25-,26-,29+,30+,31-/m0/s1. The van der Waals surface area contributed by atoms with Crippen molar-refractivity contribution in [3.8, 4) is 40.1 Å². The second kappa shape index (κ2) is 14.6. The highest BCUT2D eigenvalue weighted by atomic mass is 16.7. The van der Waals surface area contributed by atoms with Gasteiger partial charge in [-0.25, -0.2) is 0 Å². The minimum atomic E-state index is -1.95. The number of aromatic hydroxyl groups is 3. The molecule has 20 heteroatoms. The lowest BCUT2D eigenvalue weighted by atomic mass is 9.99. The summed E-state index contributed by atoms with van der Waals surface area (Å²) in [6, 6.07) is 5.28. The van der Waals surface area contributed by atoms with E-state index in [0.717, 1.165) is 24.3 Å². The van der Waals surface area contributed by atoms with E-state index in [-0.39, 0.29) is 16.9 Å². The molecule has 0 radical (unpaired) electrons. The highest BCUT2D eigenvalue weighted by Crippen LogP contribution is 2.40. The molecule has 3 aromatic rings. The van der Waals surface area contributed by atoms with Crippen molar-refractivity contribution >= 4 is 11.0 Å². The van der Waals surface area contributed by atoms with Crippen LogP contribution in [0.3, 0.4) is 0 Å². The van der Waals surface area contributed by atoms with Crippen LogP contribution < -0.4 is 14.9 Å². The number of fused-ring (bicyclic) bond motifs is 1. The zero-order chi connectivity index (χ0) is 36.9. The summed E-state index contributed by atoms with van der Waals surface area (Å²) >= 11 is 0. The van der Waals surface area contributed by atoms with Crippen molar-refractivity contribution in [1.29, 1.82) is 0 Å². The van der Waals surface area contributed by atoms with Crippen LogP contribution in [0, 0.1) is 0 Å². The lowest BCUT2D eigenvalue weighted by Gasteiger charge is -2.41. The Labute approximate surface area is 285 Å². The number of hydrogen-bond acceptors (Lipinski definition) is 20. The first-order chi connectivity index (χ1) is 24.2. The van der Waals surface area contributed by atoms with E-state index in [4.69, 9.17) is 32.8 Å². The summed E-state index contributed by atoms with van der Waals surface area (Å²) in [5.41, 5.74) is -1.51. The van der Waals surface area contributed by atoms with Gasteiger partial charge in [0.1, 0.15) is 83.5 Å². The van der Waals surface area contributed by atoms with Gasteiger partial charge in [0.15, 0.2) is 23.5 Å². The number of rotatable bonds is 8. The molecule has 280 valence electrons. The van der Waals surface area contributed by atoms with Gasteiger partial charge in [-0.3, -0.25) is 4.79 Å². The number of hydrogen-bond donors (Lipinski definition) is 12. The molecule has 0 unspecified atom stereocenters. The number of phenols is 3. The summed E-state index contributed by atoms with van der Waals surface area (Å²) in [5, 5.41) is 122. The van der Waals surface area contributed by atoms with Crippen LogP contribution in [0.2, 0.25) is 0 Å². The Morgan fingerprint density at radius 2 is 1.37 bits per heavy atom. The van der Waals surface area contributed by atoms with Crippen LogP contribution in [-0.4, -0.2) is 161 Å². The first-order valence-corrected chi connectivity index (χ1v) is 15.5. The van der Waals surface area contributed by atoms with Gasteiger partial charge < -0.3 is 94.1 Å². The smallest absolute Gasteiger partial charge is 0.239 e. The molecule has 0 aliphatic carbocycles. The Balaban J connectivity index is 1.31. The number of phenolic OH excluding ortho intramolecular Hbond substituents is 3. The fraction of sp³-hybridized carbons (Fsp3) is 0.516. The van der Waals surface area contributed by atoms with E-state index in [1.807, 2.05) is 0 Å². The lowest BCUT2D eigenvalue weighted by Crippen LogP contribution is -2.60. The molecule has 4 heterocycles. The largest absolute Gasteiger partial charge is 0.507 e. The van der Waals surface area contributed by atoms with E-state index in [1.54, 1.807) is 0 Å². The van der Waals surface area contributed by atoms with Crippen molar-refractivity contribution in [3.05, 3.63) is 40.6 Å². The van der Waals surface area contributed by atoms with Crippen LogP contribution in [0.1, 0.15) is 0 Å². The quantitative estimate of drug-likeness (QED) is 0.0984. The van der Waals surface area contributed by atoms with Gasteiger partial charge in [0.05, 0.1) is 19.8 Å². The molecule has 1 aromatic heterocycles. The third-order valence-corrected chi connectivity index (χ3v) is 8.68. The second-order valence-corrected chi connectivity index (χ2v) is 12.1. The minimum Gasteiger partial charge on any atom is -0.507 e. The molecular weight excluding hydrogens is 692 g/mol. The first-order valence-electron chi connectivity index (χ1n) is 15.5. The van der Waals surface area contributed by atoms with Gasteiger partial charge >= 0.3 is 0 Å². The highest BCUT2D eigenvalue weighted by molar-refractivity contribution is 5.88. The maximum Gasteiger partial charge on any atom is 0.239 e. The van der Waals surface area contributed by atoms with Gasteiger partial charge in [0.25, 0.3) is 0 Å². The average Bonchev–Trinajstić information content (AvgIpc) is 3.10. The molecule has 0 saturated carbocycles. The molecule has 6 rings (SSSR count). The van der Waals surface area contributed by atoms with Gasteiger partial charge in [-0.1, -0.05) is 0 Å². The number of benzene rings is 2. The molecule has 13 atom stereocenters. The molecule has 20 nitrogen and oxygen atoms in total. The van der Waals surface area contributed by atoms with Crippen LogP contribution in [-0.2, 0) is 18.9 Å². The number of aliphatic hydroxyl groups is 9. The second-order valence-electron chi connectivity index (χ2n) is 12.1. The maximum atomic E-state index is 13.9. The van der Waals surface area contributed by atoms with Crippen molar-refractivity contribution in [2.75, 3.05) is 19.8 Å². The Hall–Kier alpha value is -3.87. The summed E-state index contributed by atoms with van der Waals surface area (Å²) in [6.07, 6.45) is -21.4. The van der Waals surface area contributed by atoms with E-state index in [2.05, 4.69) is 0 Å². The lowest BCUT2D eigenvalue weighted by molar-refractivity contribution is -0.320. The molecule has 2 aromatic carbocycles. The third kappa shape index (κ3) is 7.02. The molecule has 51 heavy (non-hydrogen) atoms. The topological polar surface area (TPSA) is 328 Å². The Kier molecular flexibility index (Phi) is 10.6. The van der Waals surface area contributed by atoms with Gasteiger partial charge in [-0.2, -0.15) is 0 Å². The zero-order valence-electron chi connectivity index (χ0n) is 26.1. The summed E-state index contributed by atoms with van der Waals surface area (Å²) in [7, 11) is 0. The van der Waals surface area contributed by atoms with Crippen molar-refractivity contribution in [2.45, 2.75) is 79.9 Å². The van der Waals surface area contributed by atoms with Crippen LogP contribution >= 0.6 is 0 Å². The molecule has 0 amide bonds. The molecule has 0 bridgehead atoms. The van der Waals surface area contributed by atoms with Crippen molar-refractivity contribution < 1.29 is 94.1 Å². The van der Waals surface area contributed by atoms with Crippen molar-refractivity contribution in [1.82, 2.24) is 0 Å². The minimum absolute atomic E-state index is 0.0738. The van der Waals surface area contributed by atoms with E-state index in [9.17, 15) is 66.1 Å². The monoisotopic (exact) mass is 728 g/mol. The van der Waals surface area contributed by atoms with Crippen LogP contribution in [0.4, 0.5) is 0 Å². The van der Waals surface area contributed by atoms with Crippen LogP contribution in [0.25, 0.3) is 22.3 Å². The van der Waals surface area contributed by atoms with E-state index >= 15 is 0 Å². The maximum absolute atomic E-state index is 13.9. The van der Waals surface area contributed by atoms with Crippen LogP contribution in [0.15, 0.2) is 39.5 Å².